The molecule has 1 heterocycles. The fourth-order valence-corrected chi connectivity index (χ4v) is 6.58. The third-order valence-electron chi connectivity index (χ3n) is 9.56. The highest BCUT2D eigenvalue weighted by molar-refractivity contribution is 5.72. The van der Waals surface area contributed by atoms with E-state index in [0.717, 1.165) is 16.8 Å². The third kappa shape index (κ3) is 15.8. The van der Waals surface area contributed by atoms with Gasteiger partial charge in [0, 0.05) is 42.2 Å². The van der Waals surface area contributed by atoms with Gasteiger partial charge in [-0.1, -0.05) is 42.0 Å². The van der Waals surface area contributed by atoms with Gasteiger partial charge in [0.15, 0.2) is 11.5 Å². The van der Waals surface area contributed by atoms with Crippen molar-refractivity contribution in [3.63, 3.8) is 0 Å². The first-order valence-electron chi connectivity index (χ1n) is 21.4. The number of benzene rings is 4. The molecule has 65 heavy (non-hydrogen) atoms. The van der Waals surface area contributed by atoms with Crippen LogP contribution in [0.1, 0.15) is 49.9 Å². The lowest BCUT2D eigenvalue weighted by Gasteiger charge is -2.27. The first kappa shape index (κ1) is 49.2. The normalized spacial score (nSPS) is 11.1. The fraction of sp³-hybridized carbons (Fsp3) is 0.388. The van der Waals surface area contributed by atoms with Gasteiger partial charge in [0.05, 0.1) is 66.3 Å². The van der Waals surface area contributed by atoms with Gasteiger partial charge in [0.2, 0.25) is 0 Å². The van der Waals surface area contributed by atoms with Gasteiger partial charge in [-0.05, 0) is 77.1 Å². The quantitative estimate of drug-likeness (QED) is 0.0448. The van der Waals surface area contributed by atoms with Gasteiger partial charge in [0.25, 0.3) is 0 Å². The zero-order chi connectivity index (χ0) is 46.8. The second-order valence-electron chi connectivity index (χ2n) is 16.0. The number of alkyl carbamates (subject to hydrolysis) is 1. The van der Waals surface area contributed by atoms with Gasteiger partial charge in [-0.3, -0.25) is 9.69 Å². The van der Waals surface area contributed by atoms with Crippen LogP contribution in [-0.2, 0) is 38.7 Å². The number of ether oxygens (including phenoxy) is 8. The second-order valence-corrected chi connectivity index (χ2v) is 16.0. The van der Waals surface area contributed by atoms with Crippen LogP contribution in [0.3, 0.4) is 0 Å². The van der Waals surface area contributed by atoms with E-state index in [2.05, 4.69) is 46.8 Å². The SMILES string of the molecule is CCOC(=O)CN(C)Cc1cccc(Nc2cc(N(Cc3c(OC)cc(OCCOCc4ccc(C)cc4)cc3OC)c3ccc(OC)c(OCCNC(=O)OC(C)(C)C)c3)ncn2)c1. The fourth-order valence-electron chi connectivity index (χ4n) is 6.58. The third-order valence-corrected chi connectivity index (χ3v) is 9.56. The summed E-state index contributed by atoms with van der Waals surface area (Å²) >= 11 is 0. The van der Waals surface area contributed by atoms with Gasteiger partial charge >= 0.3 is 12.1 Å². The highest BCUT2D eigenvalue weighted by Gasteiger charge is 2.22. The minimum absolute atomic E-state index is 0.137. The number of nitrogens with zero attached hydrogens (tertiary/aromatic N) is 4. The van der Waals surface area contributed by atoms with Crippen molar-refractivity contribution < 1.29 is 47.5 Å². The minimum atomic E-state index is -0.633. The Kier molecular flexibility index (Phi) is 18.4. The molecular weight excluding hydrogens is 833 g/mol. The number of likely N-dealkylation sites (N-methyl/N-ethyl adjacent to an activating group) is 1. The molecule has 0 spiro atoms. The van der Waals surface area contributed by atoms with Crippen LogP contribution in [0.25, 0.3) is 0 Å². The summed E-state index contributed by atoms with van der Waals surface area (Å²) in [5, 5.41) is 6.14. The van der Waals surface area contributed by atoms with Crippen molar-refractivity contribution in [1.82, 2.24) is 20.2 Å². The van der Waals surface area contributed by atoms with Crippen LogP contribution in [0.2, 0.25) is 0 Å². The Morgan fingerprint density at radius 1 is 0.754 bits per heavy atom. The molecule has 0 aliphatic carbocycles. The maximum atomic E-state index is 12.3. The topological polar surface area (TPSA) is 164 Å². The number of hydrogen-bond acceptors (Lipinski definition) is 15. The highest BCUT2D eigenvalue weighted by atomic mass is 16.6. The Morgan fingerprint density at radius 3 is 2.18 bits per heavy atom. The molecule has 0 fully saturated rings. The number of amides is 1. The Labute approximate surface area is 382 Å². The van der Waals surface area contributed by atoms with E-state index in [4.69, 9.17) is 42.9 Å². The van der Waals surface area contributed by atoms with Gasteiger partial charge in [0.1, 0.15) is 54.0 Å². The summed E-state index contributed by atoms with van der Waals surface area (Å²) in [4.78, 5) is 37.5. The predicted octanol–water partition coefficient (Wildman–Crippen LogP) is 8.39. The van der Waals surface area contributed by atoms with Gasteiger partial charge in [-0.2, -0.15) is 0 Å². The molecule has 5 rings (SSSR count). The monoisotopic (exact) mass is 894 g/mol. The number of carbonyl (C=O) groups excluding carboxylic acids is 2. The Balaban J connectivity index is 1.42. The lowest BCUT2D eigenvalue weighted by atomic mass is 10.1. The summed E-state index contributed by atoms with van der Waals surface area (Å²) in [6.07, 6.45) is 0.942. The van der Waals surface area contributed by atoms with Crippen molar-refractivity contribution in [1.29, 1.82) is 0 Å². The molecule has 0 saturated carbocycles. The molecule has 16 heteroatoms. The zero-order valence-corrected chi connectivity index (χ0v) is 38.9. The number of nitrogens with one attached hydrogen (secondary N) is 2. The Hall–Kier alpha value is -6.78. The largest absolute Gasteiger partial charge is 0.496 e. The van der Waals surface area contributed by atoms with Crippen LogP contribution in [0.4, 0.5) is 27.8 Å². The van der Waals surface area contributed by atoms with E-state index >= 15 is 0 Å². The van der Waals surface area contributed by atoms with Crippen molar-refractivity contribution in [2.45, 2.75) is 59.9 Å². The zero-order valence-electron chi connectivity index (χ0n) is 38.9. The van der Waals surface area contributed by atoms with E-state index in [9.17, 15) is 9.59 Å². The highest BCUT2D eigenvalue weighted by Crippen LogP contribution is 2.40. The molecule has 0 aliphatic rings. The molecule has 4 aromatic carbocycles. The van der Waals surface area contributed by atoms with E-state index in [1.807, 2.05) is 71.4 Å². The molecule has 0 unspecified atom stereocenters. The van der Waals surface area contributed by atoms with Crippen molar-refractivity contribution >= 4 is 35.1 Å². The predicted molar refractivity (Wildman–Crippen MR) is 249 cm³/mol. The first-order chi connectivity index (χ1) is 31.3. The molecule has 0 atom stereocenters. The average molecular weight is 895 g/mol. The van der Waals surface area contributed by atoms with Crippen molar-refractivity contribution in [2.75, 3.05) is 78.1 Å². The number of aromatic nitrogens is 2. The Bertz CT molecular complexity index is 2280. The summed E-state index contributed by atoms with van der Waals surface area (Å²) in [7, 11) is 6.62. The summed E-state index contributed by atoms with van der Waals surface area (Å²) in [5.41, 5.74) is 4.84. The molecule has 0 saturated heterocycles. The molecule has 0 radical (unpaired) electrons. The van der Waals surface area contributed by atoms with Crippen LogP contribution < -0.4 is 39.2 Å². The van der Waals surface area contributed by atoms with Gasteiger partial charge < -0.3 is 53.4 Å². The Morgan fingerprint density at radius 2 is 1.49 bits per heavy atom. The number of hydrogen-bond donors (Lipinski definition) is 2. The number of methoxy groups -OCH3 is 3. The van der Waals surface area contributed by atoms with E-state index in [-0.39, 0.29) is 32.2 Å². The summed E-state index contributed by atoms with van der Waals surface area (Å²) < 4.78 is 46.3. The molecule has 1 amide bonds. The van der Waals surface area contributed by atoms with Crippen LogP contribution in [-0.4, -0.2) is 100 Å². The van der Waals surface area contributed by atoms with Crippen LogP contribution >= 0.6 is 0 Å². The van der Waals surface area contributed by atoms with Crippen molar-refractivity contribution in [3.05, 3.63) is 114 Å². The van der Waals surface area contributed by atoms with Gasteiger partial charge in [-0.15, -0.1) is 0 Å². The summed E-state index contributed by atoms with van der Waals surface area (Å²) in [6.45, 7) is 12.0. The van der Waals surface area contributed by atoms with Crippen LogP contribution in [0.5, 0.6) is 28.7 Å². The second kappa shape index (κ2) is 24.3. The van der Waals surface area contributed by atoms with Crippen molar-refractivity contribution in [2.24, 2.45) is 0 Å². The van der Waals surface area contributed by atoms with E-state index < -0.39 is 11.7 Å². The number of rotatable bonds is 24. The standard InChI is InChI=1S/C49H62N6O10/c1-10-62-47(56)31-54(6)29-36-12-11-13-37(24-36)53-45-28-46(52-33-51-45)55(38-18-19-41(58-7)44(25-38)64-21-20-50-48(57)65-49(3,4)5)30-40-42(59-8)26-39(27-43(40)60-9)63-23-22-61-32-35-16-14-34(2)15-17-35/h11-19,24-28,33H,10,20-23,29-32H2,1-9H3,(H,50,57)(H,51,52,53). The lowest BCUT2D eigenvalue weighted by molar-refractivity contribution is -0.144. The molecule has 1 aromatic heterocycles. The van der Waals surface area contributed by atoms with Gasteiger partial charge in [-0.25, -0.2) is 14.8 Å². The maximum Gasteiger partial charge on any atom is 0.407 e. The molecule has 0 aliphatic heterocycles. The van der Waals surface area contributed by atoms with Crippen LogP contribution in [0, 0.1) is 6.92 Å². The van der Waals surface area contributed by atoms with Crippen LogP contribution in [0.15, 0.2) is 91.3 Å². The number of carbonyl (C=O) groups is 2. The molecule has 348 valence electrons. The molecule has 16 nitrogen and oxygen atoms in total. The number of aryl methyl sites for hydroxylation is 1. The minimum Gasteiger partial charge on any atom is -0.496 e. The van der Waals surface area contributed by atoms with E-state index in [1.54, 1.807) is 55.1 Å². The lowest BCUT2D eigenvalue weighted by Crippen LogP contribution is -2.34. The summed E-state index contributed by atoms with van der Waals surface area (Å²) in [5.74, 6) is 3.32. The van der Waals surface area contributed by atoms with E-state index in [1.165, 1.54) is 11.9 Å². The number of esters is 1. The molecular formula is C49H62N6O10. The van der Waals surface area contributed by atoms with Crippen molar-refractivity contribution in [3.8, 4) is 28.7 Å². The van der Waals surface area contributed by atoms with E-state index in [0.29, 0.717) is 84.6 Å². The molecule has 2 N–H and O–H groups in total. The number of anilines is 4. The smallest absolute Gasteiger partial charge is 0.407 e. The average Bonchev–Trinajstić information content (AvgIpc) is 3.27. The molecule has 5 aromatic rings. The maximum absolute atomic E-state index is 12.3. The first-order valence-corrected chi connectivity index (χ1v) is 21.4. The summed E-state index contributed by atoms with van der Waals surface area (Å²) in [6, 6.07) is 27.1. The molecule has 0 bridgehead atoms.